The van der Waals surface area contributed by atoms with Crippen molar-refractivity contribution in [3.05, 3.63) is 124 Å². The van der Waals surface area contributed by atoms with Gasteiger partial charge in [-0.2, -0.15) is 0 Å². The highest BCUT2D eigenvalue weighted by molar-refractivity contribution is 7.90. The predicted octanol–water partition coefficient (Wildman–Crippen LogP) is 7.90. The Hall–Kier alpha value is -3.97. The number of carbonyl (C=O) groups is 1. The second kappa shape index (κ2) is 11.0. The van der Waals surface area contributed by atoms with Crippen LogP contribution >= 0.6 is 23.2 Å². The van der Waals surface area contributed by atoms with Gasteiger partial charge in [-0.05, 0) is 77.4 Å². The number of nitrogens with zero attached hydrogens (tertiary/aromatic N) is 2. The highest BCUT2D eigenvalue weighted by Gasteiger charge is 2.13. The lowest BCUT2D eigenvalue weighted by Gasteiger charge is -2.06. The van der Waals surface area contributed by atoms with E-state index < -0.39 is 9.84 Å². The quantitative estimate of drug-likeness (QED) is 0.186. The Morgan fingerprint density at radius 2 is 1.51 bits per heavy atom. The minimum Gasteiger partial charge on any atom is -0.300 e. The number of benzene rings is 4. The van der Waals surface area contributed by atoms with E-state index >= 15 is 0 Å². The van der Waals surface area contributed by atoms with Crippen molar-refractivity contribution in [1.29, 1.82) is 0 Å². The summed E-state index contributed by atoms with van der Waals surface area (Å²) in [5.74, 6) is 0.666. The van der Waals surface area contributed by atoms with Gasteiger partial charge >= 0.3 is 0 Å². The van der Waals surface area contributed by atoms with Crippen LogP contribution in [0.15, 0.2) is 102 Å². The topological polar surface area (TPSA) is 69.0 Å². The number of aromatic nitrogens is 2. The molecule has 0 amide bonds. The lowest BCUT2D eigenvalue weighted by molar-refractivity contribution is 0.112. The first kappa shape index (κ1) is 26.6. The van der Waals surface area contributed by atoms with Crippen molar-refractivity contribution in [2.24, 2.45) is 0 Å². The molecule has 8 heteroatoms. The monoisotopic (exact) mass is 572 g/mol. The van der Waals surface area contributed by atoms with Crippen LogP contribution in [0.4, 0.5) is 0 Å². The maximum absolute atomic E-state index is 11.9. The molecule has 39 heavy (non-hydrogen) atoms. The van der Waals surface area contributed by atoms with Crippen LogP contribution < -0.4 is 0 Å². The summed E-state index contributed by atoms with van der Waals surface area (Å²) in [6.07, 6.45) is 7.75. The van der Waals surface area contributed by atoms with Gasteiger partial charge in [0.1, 0.15) is 12.1 Å². The molecule has 0 aliphatic rings. The molecule has 5 nitrogen and oxygen atoms in total. The Labute approximate surface area is 236 Å². The van der Waals surface area contributed by atoms with E-state index in [0.717, 1.165) is 34.2 Å². The van der Waals surface area contributed by atoms with Crippen molar-refractivity contribution in [1.82, 2.24) is 9.55 Å². The molecule has 5 rings (SSSR count). The van der Waals surface area contributed by atoms with Gasteiger partial charge in [-0.15, -0.1) is 0 Å². The van der Waals surface area contributed by atoms with Gasteiger partial charge in [-0.3, -0.25) is 9.36 Å². The van der Waals surface area contributed by atoms with Gasteiger partial charge < -0.3 is 0 Å². The average molecular weight is 574 g/mol. The summed E-state index contributed by atoms with van der Waals surface area (Å²) < 4.78 is 25.8. The molecule has 0 unspecified atom stereocenters. The Balaban J connectivity index is 1.49. The predicted molar refractivity (Wildman–Crippen MR) is 158 cm³/mol. The highest BCUT2D eigenvalue weighted by atomic mass is 35.5. The number of rotatable bonds is 7. The van der Waals surface area contributed by atoms with Crippen LogP contribution in [0.5, 0.6) is 0 Å². The summed E-state index contributed by atoms with van der Waals surface area (Å²) >= 11 is 12.5. The average Bonchev–Trinajstić information content (AvgIpc) is 3.35. The van der Waals surface area contributed by atoms with Crippen molar-refractivity contribution < 1.29 is 13.2 Å². The van der Waals surface area contributed by atoms with Gasteiger partial charge in [0.15, 0.2) is 9.84 Å². The molecule has 0 aliphatic heterocycles. The van der Waals surface area contributed by atoms with Crippen LogP contribution in [-0.2, 0) is 9.84 Å². The first-order valence-electron chi connectivity index (χ1n) is 11.9. The summed E-state index contributed by atoms with van der Waals surface area (Å²) in [6.45, 7) is 0. The maximum atomic E-state index is 11.9. The normalized spacial score (nSPS) is 11.7. The highest BCUT2D eigenvalue weighted by Crippen LogP contribution is 2.31. The SMILES string of the molecule is CS(=O)(=O)c1cccc(-c2ccc(/C=C/c3nc(-c4ccc(Cl)cc4Cl)cn3-c3ccc(C=O)cc3)cc2)c1. The van der Waals surface area contributed by atoms with Crippen molar-refractivity contribution >= 4 is 51.5 Å². The minimum absolute atomic E-state index is 0.286. The molecule has 0 N–H and O–H groups in total. The van der Waals surface area contributed by atoms with E-state index in [-0.39, 0.29) is 4.90 Å². The number of hydrogen-bond donors (Lipinski definition) is 0. The number of imidazole rings is 1. The third kappa shape index (κ3) is 6.04. The maximum Gasteiger partial charge on any atom is 0.175 e. The summed E-state index contributed by atoms with van der Waals surface area (Å²) in [7, 11) is -3.29. The van der Waals surface area contributed by atoms with Gasteiger partial charge in [0, 0.05) is 34.3 Å². The molecule has 0 saturated heterocycles. The molecule has 0 saturated carbocycles. The Bertz CT molecular complexity index is 1810. The Morgan fingerprint density at radius 3 is 2.18 bits per heavy atom. The van der Waals surface area contributed by atoms with E-state index in [0.29, 0.717) is 27.1 Å². The first-order valence-corrected chi connectivity index (χ1v) is 14.5. The van der Waals surface area contributed by atoms with Crippen molar-refractivity contribution in [2.75, 3.05) is 6.26 Å². The fraction of sp³-hybridized carbons (Fsp3) is 0.0323. The molecule has 194 valence electrons. The van der Waals surface area contributed by atoms with E-state index in [2.05, 4.69) is 0 Å². The van der Waals surface area contributed by atoms with E-state index in [1.165, 1.54) is 6.26 Å². The smallest absolute Gasteiger partial charge is 0.175 e. The van der Waals surface area contributed by atoms with Gasteiger partial charge in [-0.1, -0.05) is 65.7 Å². The Morgan fingerprint density at radius 1 is 0.795 bits per heavy atom. The zero-order valence-corrected chi connectivity index (χ0v) is 23.1. The molecule has 4 aromatic carbocycles. The van der Waals surface area contributed by atoms with Crippen molar-refractivity contribution in [3.63, 3.8) is 0 Å². The van der Waals surface area contributed by atoms with Crippen LogP contribution in [0.2, 0.25) is 10.0 Å². The van der Waals surface area contributed by atoms with Crippen LogP contribution in [-0.4, -0.2) is 30.5 Å². The molecule has 0 radical (unpaired) electrons. The van der Waals surface area contributed by atoms with Gasteiger partial charge in [0.05, 0.1) is 15.6 Å². The molecule has 5 aromatic rings. The number of aldehydes is 1. The molecule has 0 spiro atoms. The summed E-state index contributed by atoms with van der Waals surface area (Å²) in [6, 6.07) is 27.2. The fourth-order valence-corrected chi connectivity index (χ4v) is 5.30. The van der Waals surface area contributed by atoms with Crippen LogP contribution in [0.3, 0.4) is 0 Å². The molecule has 0 bridgehead atoms. The van der Waals surface area contributed by atoms with Gasteiger partial charge in [-0.25, -0.2) is 13.4 Å². The third-order valence-corrected chi connectivity index (χ3v) is 7.84. The molecule has 0 atom stereocenters. The molecular formula is C31H22Cl2N2O3S. The van der Waals surface area contributed by atoms with E-state index in [9.17, 15) is 13.2 Å². The molecule has 1 heterocycles. The summed E-state index contributed by atoms with van der Waals surface area (Å²) in [5, 5.41) is 1.04. The number of carbonyl (C=O) groups excluding carboxylic acids is 1. The van der Waals surface area contributed by atoms with Crippen molar-refractivity contribution in [3.8, 4) is 28.1 Å². The third-order valence-electron chi connectivity index (χ3n) is 6.18. The van der Waals surface area contributed by atoms with Gasteiger partial charge in [0.2, 0.25) is 0 Å². The van der Waals surface area contributed by atoms with Crippen molar-refractivity contribution in [2.45, 2.75) is 4.90 Å². The lowest BCUT2D eigenvalue weighted by Crippen LogP contribution is -1.96. The van der Waals surface area contributed by atoms with E-state index in [1.54, 1.807) is 42.5 Å². The largest absolute Gasteiger partial charge is 0.300 e. The fourth-order valence-electron chi connectivity index (χ4n) is 4.12. The van der Waals surface area contributed by atoms with Crippen LogP contribution in [0.1, 0.15) is 21.7 Å². The van der Waals surface area contributed by atoms with Crippen LogP contribution in [0.25, 0.3) is 40.2 Å². The first-order chi connectivity index (χ1) is 18.7. The zero-order chi connectivity index (χ0) is 27.6. The summed E-state index contributed by atoms with van der Waals surface area (Å²) in [4.78, 5) is 16.2. The Kier molecular flexibility index (Phi) is 7.53. The minimum atomic E-state index is -3.29. The molecule has 1 aromatic heterocycles. The van der Waals surface area contributed by atoms with Crippen LogP contribution in [0, 0.1) is 0 Å². The second-order valence-corrected chi connectivity index (χ2v) is 11.8. The zero-order valence-electron chi connectivity index (χ0n) is 20.8. The second-order valence-electron chi connectivity index (χ2n) is 8.94. The molecule has 0 fully saturated rings. The number of hydrogen-bond acceptors (Lipinski definition) is 4. The van der Waals surface area contributed by atoms with E-state index in [1.807, 2.05) is 71.4 Å². The lowest BCUT2D eigenvalue weighted by atomic mass is 10.0. The van der Waals surface area contributed by atoms with Gasteiger partial charge in [0.25, 0.3) is 0 Å². The summed E-state index contributed by atoms with van der Waals surface area (Å²) in [5.41, 5.74) is 5.53. The number of halogens is 2. The standard InChI is InChI=1S/C31H22Cl2N2O3S/c1-39(37,38)27-4-2-3-24(17-27)23-10-5-21(6-11-23)9-16-31-34-30(28-15-12-25(32)18-29(28)33)19-35(31)26-13-7-22(20-36)8-14-26/h2-20H,1H3/b16-9+. The number of sulfone groups is 1. The molecule has 0 aliphatic carbocycles. The molecular weight excluding hydrogens is 551 g/mol. The van der Waals surface area contributed by atoms with E-state index in [4.69, 9.17) is 28.2 Å².